The van der Waals surface area contributed by atoms with Gasteiger partial charge in [-0.25, -0.2) is 9.48 Å². The average molecular weight is 371 g/mol. The predicted molar refractivity (Wildman–Crippen MR) is 98.8 cm³/mol. The fraction of sp³-hybridized carbons (Fsp3) is 0.316. The van der Waals surface area contributed by atoms with E-state index in [-0.39, 0.29) is 17.0 Å². The van der Waals surface area contributed by atoms with Gasteiger partial charge in [-0.3, -0.25) is 14.4 Å². The molecule has 0 aliphatic heterocycles. The van der Waals surface area contributed by atoms with Gasteiger partial charge in [0.15, 0.2) is 18.1 Å². The van der Waals surface area contributed by atoms with Gasteiger partial charge in [-0.15, -0.1) is 0 Å². The van der Waals surface area contributed by atoms with E-state index in [1.807, 2.05) is 6.92 Å². The molecule has 0 bridgehead atoms. The third-order valence-electron chi connectivity index (χ3n) is 3.71. The van der Waals surface area contributed by atoms with Gasteiger partial charge in [-0.1, -0.05) is 13.3 Å². The lowest BCUT2D eigenvalue weighted by molar-refractivity contribution is -0.119. The van der Waals surface area contributed by atoms with E-state index in [1.54, 1.807) is 24.3 Å². The molecule has 142 valence electrons. The summed E-state index contributed by atoms with van der Waals surface area (Å²) in [6, 6.07) is 8.87. The van der Waals surface area contributed by atoms with Crippen LogP contribution in [0.3, 0.4) is 0 Å². The zero-order chi connectivity index (χ0) is 19.8. The van der Waals surface area contributed by atoms with Gasteiger partial charge in [0.25, 0.3) is 11.5 Å². The number of esters is 1. The minimum atomic E-state index is -0.790. The highest BCUT2D eigenvalue weighted by Gasteiger charge is 2.13. The minimum absolute atomic E-state index is 0.0377. The number of rotatable bonds is 8. The number of nitrogens with one attached hydrogen (secondary N) is 1. The second-order valence-electron chi connectivity index (χ2n) is 5.89. The normalized spacial score (nSPS) is 10.3. The molecule has 1 aromatic carbocycles. The monoisotopic (exact) mass is 371 g/mol. The van der Waals surface area contributed by atoms with Crippen LogP contribution in [0.15, 0.2) is 41.2 Å². The van der Waals surface area contributed by atoms with Gasteiger partial charge in [-0.2, -0.15) is 5.10 Å². The van der Waals surface area contributed by atoms with E-state index in [1.165, 1.54) is 23.7 Å². The third kappa shape index (κ3) is 5.88. The van der Waals surface area contributed by atoms with Gasteiger partial charge in [0, 0.05) is 23.9 Å². The van der Waals surface area contributed by atoms with E-state index >= 15 is 0 Å². The molecule has 8 heteroatoms. The Hall–Kier alpha value is -3.29. The maximum atomic E-state index is 12.0. The maximum absolute atomic E-state index is 12.0. The number of amides is 1. The van der Waals surface area contributed by atoms with Crippen molar-refractivity contribution in [2.45, 2.75) is 33.2 Å². The third-order valence-corrected chi connectivity index (χ3v) is 3.71. The van der Waals surface area contributed by atoms with Crippen molar-refractivity contribution in [3.05, 3.63) is 58.0 Å². The molecule has 0 saturated carbocycles. The van der Waals surface area contributed by atoms with Crippen LogP contribution in [-0.4, -0.2) is 34.0 Å². The number of ether oxygens (including phenoxy) is 1. The number of hydrogen-bond acceptors (Lipinski definition) is 6. The Bertz CT molecular complexity index is 887. The number of hydrogen-bond donors (Lipinski definition) is 1. The van der Waals surface area contributed by atoms with Gasteiger partial charge in [0.2, 0.25) is 0 Å². The summed E-state index contributed by atoms with van der Waals surface area (Å²) in [7, 11) is 0. The molecule has 1 N–H and O–H groups in total. The van der Waals surface area contributed by atoms with Crippen LogP contribution in [-0.2, 0) is 16.1 Å². The Morgan fingerprint density at radius 1 is 1.11 bits per heavy atom. The second kappa shape index (κ2) is 9.42. The fourth-order valence-corrected chi connectivity index (χ4v) is 2.22. The SMILES string of the molecule is CCCCn1nc(C(=O)OCC(=O)Nc2ccc(C(C)=O)cc2)ccc1=O. The van der Waals surface area contributed by atoms with Crippen molar-refractivity contribution in [2.75, 3.05) is 11.9 Å². The molecule has 1 amide bonds. The molecule has 2 aromatic rings. The summed E-state index contributed by atoms with van der Waals surface area (Å²) < 4.78 is 6.15. The molecule has 8 nitrogen and oxygen atoms in total. The molecule has 0 fully saturated rings. The largest absolute Gasteiger partial charge is 0.451 e. The van der Waals surface area contributed by atoms with Crippen molar-refractivity contribution in [3.63, 3.8) is 0 Å². The van der Waals surface area contributed by atoms with E-state index in [0.717, 1.165) is 12.8 Å². The summed E-state index contributed by atoms with van der Waals surface area (Å²) in [6.45, 7) is 3.35. The number of Topliss-reactive ketones (excluding diaryl/α,β-unsaturated/α-hetero) is 1. The molecule has 27 heavy (non-hydrogen) atoms. The maximum Gasteiger partial charge on any atom is 0.359 e. The first-order chi connectivity index (χ1) is 12.9. The van der Waals surface area contributed by atoms with E-state index in [4.69, 9.17) is 4.74 Å². The van der Waals surface area contributed by atoms with Gasteiger partial charge in [0.1, 0.15) is 0 Å². The molecule has 2 rings (SSSR count). The van der Waals surface area contributed by atoms with Crippen LogP contribution in [0.25, 0.3) is 0 Å². The molecule has 0 spiro atoms. The van der Waals surface area contributed by atoms with E-state index in [0.29, 0.717) is 17.8 Å². The molecule has 0 unspecified atom stereocenters. The van der Waals surface area contributed by atoms with Gasteiger partial charge >= 0.3 is 5.97 Å². The number of anilines is 1. The average Bonchev–Trinajstić information content (AvgIpc) is 2.66. The van der Waals surface area contributed by atoms with Gasteiger partial charge in [0.05, 0.1) is 0 Å². The summed E-state index contributed by atoms with van der Waals surface area (Å²) in [5.41, 5.74) is 0.673. The number of nitrogens with zero attached hydrogens (tertiary/aromatic N) is 2. The Kier molecular flexibility index (Phi) is 6.99. The lowest BCUT2D eigenvalue weighted by Crippen LogP contribution is -2.26. The molecule has 0 saturated heterocycles. The molecule has 0 atom stereocenters. The first-order valence-electron chi connectivity index (χ1n) is 8.57. The number of carbonyl (C=O) groups excluding carboxylic acids is 3. The predicted octanol–water partition coefficient (Wildman–Crippen LogP) is 2.04. The summed E-state index contributed by atoms with van der Waals surface area (Å²) in [5, 5.41) is 6.52. The van der Waals surface area contributed by atoms with Crippen LogP contribution in [0.1, 0.15) is 47.5 Å². The highest BCUT2D eigenvalue weighted by molar-refractivity contribution is 5.96. The number of carbonyl (C=O) groups is 3. The Morgan fingerprint density at radius 3 is 2.44 bits per heavy atom. The van der Waals surface area contributed by atoms with Crippen LogP contribution in [0.4, 0.5) is 5.69 Å². The quantitative estimate of drug-likeness (QED) is 0.562. The van der Waals surface area contributed by atoms with Crippen LogP contribution >= 0.6 is 0 Å². The number of aryl methyl sites for hydroxylation is 1. The van der Waals surface area contributed by atoms with Crippen molar-refractivity contribution in [3.8, 4) is 0 Å². The molecule has 1 aromatic heterocycles. The summed E-state index contributed by atoms with van der Waals surface area (Å²) >= 11 is 0. The summed E-state index contributed by atoms with van der Waals surface area (Å²) in [4.78, 5) is 46.9. The first-order valence-corrected chi connectivity index (χ1v) is 8.57. The van der Waals surface area contributed by atoms with Crippen LogP contribution in [0.2, 0.25) is 0 Å². The number of benzene rings is 1. The minimum Gasteiger partial charge on any atom is -0.451 e. The molecule has 1 heterocycles. The highest BCUT2D eigenvalue weighted by Crippen LogP contribution is 2.10. The Balaban J connectivity index is 1.91. The second-order valence-corrected chi connectivity index (χ2v) is 5.89. The molecular formula is C19H21N3O5. The smallest absolute Gasteiger partial charge is 0.359 e. The topological polar surface area (TPSA) is 107 Å². The van der Waals surface area contributed by atoms with Crippen molar-refractivity contribution in [2.24, 2.45) is 0 Å². The lowest BCUT2D eigenvalue weighted by atomic mass is 10.1. The van der Waals surface area contributed by atoms with Gasteiger partial charge < -0.3 is 10.1 Å². The van der Waals surface area contributed by atoms with Crippen molar-refractivity contribution in [1.82, 2.24) is 9.78 Å². The zero-order valence-corrected chi connectivity index (χ0v) is 15.2. The van der Waals surface area contributed by atoms with Crippen molar-refractivity contribution in [1.29, 1.82) is 0 Å². The van der Waals surface area contributed by atoms with E-state index in [9.17, 15) is 19.2 Å². The molecule has 0 aliphatic carbocycles. The molecule has 0 radical (unpaired) electrons. The zero-order valence-electron chi connectivity index (χ0n) is 15.2. The standard InChI is InChI=1S/C19H21N3O5/c1-3-4-11-22-18(25)10-9-16(21-22)19(26)27-12-17(24)20-15-7-5-14(6-8-15)13(2)23/h5-10H,3-4,11-12H2,1-2H3,(H,20,24). The first kappa shape index (κ1) is 20.0. The summed E-state index contributed by atoms with van der Waals surface area (Å²) in [5.74, 6) is -1.39. The molecular weight excluding hydrogens is 350 g/mol. The van der Waals surface area contributed by atoms with E-state index < -0.39 is 18.5 Å². The fourth-order valence-electron chi connectivity index (χ4n) is 2.22. The number of unbranched alkanes of at least 4 members (excludes halogenated alkanes) is 1. The Labute approximate surface area is 156 Å². The molecule has 0 aliphatic rings. The van der Waals surface area contributed by atoms with Crippen molar-refractivity contribution >= 4 is 23.3 Å². The van der Waals surface area contributed by atoms with E-state index in [2.05, 4.69) is 10.4 Å². The summed E-state index contributed by atoms with van der Waals surface area (Å²) in [6.07, 6.45) is 1.65. The number of aromatic nitrogens is 2. The van der Waals surface area contributed by atoms with Crippen molar-refractivity contribution < 1.29 is 19.1 Å². The van der Waals surface area contributed by atoms with Crippen LogP contribution in [0, 0.1) is 0 Å². The van der Waals surface area contributed by atoms with Gasteiger partial charge in [-0.05, 0) is 43.7 Å². The van der Waals surface area contributed by atoms with Crippen LogP contribution < -0.4 is 10.9 Å². The highest BCUT2D eigenvalue weighted by atomic mass is 16.5. The Morgan fingerprint density at radius 2 is 1.81 bits per heavy atom. The lowest BCUT2D eigenvalue weighted by Gasteiger charge is -2.08. The van der Waals surface area contributed by atoms with Crippen LogP contribution in [0.5, 0.6) is 0 Å². The number of ketones is 1.